The molecule has 2 nitrogen and oxygen atoms in total. The minimum absolute atomic E-state index is 0.914. The Morgan fingerprint density at radius 3 is 1.84 bits per heavy atom. The molecule has 51 heavy (non-hydrogen) atoms. The fourth-order valence-electron chi connectivity index (χ4n) is 7.95. The summed E-state index contributed by atoms with van der Waals surface area (Å²) in [6.07, 6.45) is 0. The summed E-state index contributed by atoms with van der Waals surface area (Å²) < 4.78 is 8.89. The first-order valence-electron chi connectivity index (χ1n) is 17.3. The van der Waals surface area contributed by atoms with Crippen LogP contribution in [0.4, 0.5) is 0 Å². The van der Waals surface area contributed by atoms with E-state index in [0.717, 1.165) is 38.5 Å². The summed E-state index contributed by atoms with van der Waals surface area (Å²) >= 11 is 1.88. The average Bonchev–Trinajstić information content (AvgIpc) is 3.88. The van der Waals surface area contributed by atoms with Crippen molar-refractivity contribution >= 4 is 75.3 Å². The van der Waals surface area contributed by atoms with E-state index < -0.39 is 0 Å². The molecule has 0 aliphatic carbocycles. The number of aromatic amines is 1. The zero-order chi connectivity index (χ0) is 33.5. The molecule has 238 valence electrons. The van der Waals surface area contributed by atoms with E-state index >= 15 is 0 Å². The Morgan fingerprint density at radius 1 is 0.373 bits per heavy atom. The number of rotatable bonds is 4. The van der Waals surface area contributed by atoms with E-state index in [0.29, 0.717) is 0 Å². The number of H-pyrrole nitrogens is 1. The largest absolute Gasteiger partial charge is 0.456 e. The molecule has 0 unspecified atom stereocenters. The number of furan rings is 1. The van der Waals surface area contributed by atoms with Crippen LogP contribution in [0.3, 0.4) is 0 Å². The molecule has 0 fully saturated rings. The maximum atomic E-state index is 6.22. The minimum atomic E-state index is 0.914. The molecule has 0 atom stereocenters. The van der Waals surface area contributed by atoms with Crippen LogP contribution in [-0.2, 0) is 0 Å². The number of fused-ring (bicyclic) bond motifs is 9. The van der Waals surface area contributed by atoms with Crippen molar-refractivity contribution in [1.82, 2.24) is 4.98 Å². The summed E-state index contributed by atoms with van der Waals surface area (Å²) in [7, 11) is 0. The average molecular weight is 668 g/mol. The molecular weight excluding hydrogens is 639 g/mol. The highest BCUT2D eigenvalue weighted by molar-refractivity contribution is 7.26. The molecule has 0 radical (unpaired) electrons. The fourth-order valence-corrected chi connectivity index (χ4v) is 9.19. The second kappa shape index (κ2) is 11.0. The van der Waals surface area contributed by atoms with Crippen LogP contribution in [0.1, 0.15) is 0 Å². The minimum Gasteiger partial charge on any atom is -0.456 e. The van der Waals surface area contributed by atoms with Gasteiger partial charge in [0.15, 0.2) is 0 Å². The van der Waals surface area contributed by atoms with Gasteiger partial charge in [-0.05, 0) is 87.5 Å². The summed E-state index contributed by atoms with van der Waals surface area (Å²) in [4.78, 5) is 3.77. The van der Waals surface area contributed by atoms with E-state index in [1.165, 1.54) is 69.9 Å². The Morgan fingerprint density at radius 2 is 0.980 bits per heavy atom. The molecule has 0 aliphatic rings. The molecule has 1 N–H and O–H groups in total. The normalized spacial score (nSPS) is 11.9. The molecule has 0 saturated carbocycles. The van der Waals surface area contributed by atoms with Crippen molar-refractivity contribution in [2.75, 3.05) is 0 Å². The Labute approximate surface area is 297 Å². The predicted octanol–water partition coefficient (Wildman–Crippen LogP) is 14.3. The van der Waals surface area contributed by atoms with Crippen molar-refractivity contribution in [1.29, 1.82) is 0 Å². The Hall–Kier alpha value is -6.42. The zero-order valence-electron chi connectivity index (χ0n) is 27.5. The smallest absolute Gasteiger partial charge is 0.136 e. The summed E-state index contributed by atoms with van der Waals surface area (Å²) in [5, 5.41) is 7.39. The summed E-state index contributed by atoms with van der Waals surface area (Å²) in [6, 6.07) is 61.5. The summed E-state index contributed by atoms with van der Waals surface area (Å²) in [5.41, 5.74) is 13.8. The highest BCUT2D eigenvalue weighted by Crippen LogP contribution is 2.42. The first-order valence-corrected chi connectivity index (χ1v) is 18.1. The Bertz CT molecular complexity index is 3160. The highest BCUT2D eigenvalue weighted by Gasteiger charge is 2.15. The van der Waals surface area contributed by atoms with Crippen molar-refractivity contribution in [3.05, 3.63) is 170 Å². The maximum absolute atomic E-state index is 6.22. The van der Waals surface area contributed by atoms with Gasteiger partial charge in [-0.2, -0.15) is 0 Å². The van der Waals surface area contributed by atoms with E-state index in [2.05, 4.69) is 163 Å². The van der Waals surface area contributed by atoms with Gasteiger partial charge in [0.25, 0.3) is 0 Å². The predicted molar refractivity (Wildman–Crippen MR) is 218 cm³/mol. The highest BCUT2D eigenvalue weighted by atomic mass is 32.1. The van der Waals surface area contributed by atoms with E-state index in [1.54, 1.807) is 0 Å². The number of thiophene rings is 1. The molecule has 3 aromatic heterocycles. The van der Waals surface area contributed by atoms with Crippen LogP contribution in [0.5, 0.6) is 0 Å². The van der Waals surface area contributed by atoms with Crippen molar-refractivity contribution in [3.63, 3.8) is 0 Å². The van der Waals surface area contributed by atoms with Crippen LogP contribution < -0.4 is 0 Å². The van der Waals surface area contributed by atoms with Gasteiger partial charge < -0.3 is 9.40 Å². The molecule has 0 amide bonds. The molecule has 11 rings (SSSR count). The van der Waals surface area contributed by atoms with Crippen molar-refractivity contribution in [2.45, 2.75) is 0 Å². The number of hydrogen-bond donors (Lipinski definition) is 1. The first-order chi connectivity index (χ1) is 25.2. The van der Waals surface area contributed by atoms with Gasteiger partial charge in [0.2, 0.25) is 0 Å². The summed E-state index contributed by atoms with van der Waals surface area (Å²) in [5.74, 6) is 0. The molecule has 0 bridgehead atoms. The van der Waals surface area contributed by atoms with Gasteiger partial charge >= 0.3 is 0 Å². The number of para-hydroxylation sites is 2. The van der Waals surface area contributed by atoms with Crippen LogP contribution in [-0.4, -0.2) is 4.98 Å². The lowest BCUT2D eigenvalue weighted by Crippen LogP contribution is -1.85. The van der Waals surface area contributed by atoms with Crippen molar-refractivity contribution in [2.24, 2.45) is 0 Å². The topological polar surface area (TPSA) is 28.9 Å². The van der Waals surface area contributed by atoms with Gasteiger partial charge in [0.05, 0.1) is 5.52 Å². The second-order valence-corrected chi connectivity index (χ2v) is 14.4. The number of benzene rings is 8. The zero-order valence-corrected chi connectivity index (χ0v) is 28.3. The maximum Gasteiger partial charge on any atom is 0.136 e. The van der Waals surface area contributed by atoms with Crippen LogP contribution >= 0.6 is 11.3 Å². The van der Waals surface area contributed by atoms with E-state index in [-0.39, 0.29) is 0 Å². The third-order valence-electron chi connectivity index (χ3n) is 10.4. The third kappa shape index (κ3) is 4.49. The quantitative estimate of drug-likeness (QED) is 0.199. The number of hydrogen-bond acceptors (Lipinski definition) is 2. The van der Waals surface area contributed by atoms with Crippen LogP contribution in [0.2, 0.25) is 0 Å². The molecule has 3 heterocycles. The lowest BCUT2D eigenvalue weighted by Gasteiger charge is -2.10. The van der Waals surface area contributed by atoms with Gasteiger partial charge in [-0.25, -0.2) is 0 Å². The SMILES string of the molecule is c1cc(-c2cccc(-c3cccc4c3sc3ccccc34)c2)cc(-c2cccc3c2[nH]c2ccc(-c4ccc5c(c4)oc4ccccc45)cc23)c1. The van der Waals surface area contributed by atoms with Crippen LogP contribution in [0, 0.1) is 0 Å². The van der Waals surface area contributed by atoms with Gasteiger partial charge in [-0.1, -0.05) is 121 Å². The molecule has 0 aliphatic heterocycles. The second-order valence-electron chi connectivity index (χ2n) is 13.4. The number of aromatic nitrogens is 1. The fraction of sp³-hybridized carbons (Fsp3) is 0. The van der Waals surface area contributed by atoms with Gasteiger partial charge in [-0.15, -0.1) is 11.3 Å². The molecule has 11 aromatic rings. The first kappa shape index (κ1) is 28.4. The Balaban J connectivity index is 0.981. The van der Waals surface area contributed by atoms with Gasteiger partial charge in [-0.3, -0.25) is 0 Å². The van der Waals surface area contributed by atoms with Crippen LogP contribution in [0.15, 0.2) is 174 Å². The summed E-state index contributed by atoms with van der Waals surface area (Å²) in [6.45, 7) is 0. The third-order valence-corrected chi connectivity index (χ3v) is 11.7. The lowest BCUT2D eigenvalue weighted by molar-refractivity contribution is 0.669. The molecule has 0 spiro atoms. The molecule has 3 heteroatoms. The monoisotopic (exact) mass is 667 g/mol. The van der Waals surface area contributed by atoms with Crippen molar-refractivity contribution < 1.29 is 4.42 Å². The van der Waals surface area contributed by atoms with E-state index in [4.69, 9.17) is 4.42 Å². The molecule has 0 saturated heterocycles. The lowest BCUT2D eigenvalue weighted by atomic mass is 9.95. The van der Waals surface area contributed by atoms with Crippen molar-refractivity contribution in [3.8, 4) is 44.5 Å². The van der Waals surface area contributed by atoms with Crippen LogP contribution in [0.25, 0.3) is 108 Å². The van der Waals surface area contributed by atoms with Gasteiger partial charge in [0, 0.05) is 52.8 Å². The van der Waals surface area contributed by atoms with E-state index in [1.807, 2.05) is 23.5 Å². The van der Waals surface area contributed by atoms with E-state index in [9.17, 15) is 0 Å². The number of nitrogens with one attached hydrogen (secondary N) is 1. The standard InChI is InChI=1S/C48H29NOS/c1-3-19-44-37(13-1)38-23-21-32(28-45(38)50-44)31-22-24-43-42(27-31)40-17-7-15-35(47(40)49-43)33-11-5-9-29(25-33)30-10-6-12-34(26-30)36-16-8-18-41-39-14-2-4-20-46(39)51-48(36)41/h1-28,49H. The Kier molecular flexibility index (Phi) is 6.16. The molecular formula is C48H29NOS. The molecule has 8 aromatic carbocycles. The van der Waals surface area contributed by atoms with Gasteiger partial charge in [0.1, 0.15) is 11.2 Å².